The summed E-state index contributed by atoms with van der Waals surface area (Å²) in [5.41, 5.74) is 5.19. The summed E-state index contributed by atoms with van der Waals surface area (Å²) in [5, 5.41) is 2.95. The molecule has 1 aliphatic heterocycles. The Morgan fingerprint density at radius 3 is 2.82 bits per heavy atom. The van der Waals surface area contributed by atoms with Gasteiger partial charge in [-0.3, -0.25) is 4.79 Å². The fourth-order valence-electron chi connectivity index (χ4n) is 1.84. The van der Waals surface area contributed by atoms with Gasteiger partial charge in [0.1, 0.15) is 24.0 Å². The molecule has 0 bridgehead atoms. The van der Waals surface area contributed by atoms with Crippen LogP contribution >= 0.6 is 0 Å². The fourth-order valence-corrected chi connectivity index (χ4v) is 1.84. The summed E-state index contributed by atoms with van der Waals surface area (Å²) in [6.07, 6.45) is 3.90. The first-order chi connectivity index (χ1) is 8.16. The van der Waals surface area contributed by atoms with Crippen molar-refractivity contribution in [2.75, 3.05) is 23.3 Å². The number of amides is 1. The minimum atomic E-state index is -0.434. The van der Waals surface area contributed by atoms with E-state index in [4.69, 9.17) is 5.73 Å². The molecule has 0 spiro atoms. The van der Waals surface area contributed by atoms with Crippen molar-refractivity contribution in [2.24, 2.45) is 5.73 Å². The zero-order chi connectivity index (χ0) is 12.3. The first kappa shape index (κ1) is 11.6. The number of nitrogens with zero attached hydrogens (tertiary/aromatic N) is 3. The normalized spacial score (nSPS) is 16.9. The molecule has 6 heteroatoms. The number of carbonyl (C=O) groups excluding carboxylic acids is 1. The standard InChI is InChI=1S/C11H17N5O/c1-8(11(12)17)15-9-6-10(14-7-13-9)16-4-2-3-5-16/h6-8H,2-5H2,1H3,(H2,12,17)(H,13,14,15). The molecular formula is C11H17N5O. The second kappa shape index (κ2) is 4.99. The van der Waals surface area contributed by atoms with E-state index in [-0.39, 0.29) is 0 Å². The van der Waals surface area contributed by atoms with Crippen LogP contribution in [-0.4, -0.2) is 35.0 Å². The number of primary amides is 1. The lowest BCUT2D eigenvalue weighted by Gasteiger charge is -2.17. The maximum absolute atomic E-state index is 11.0. The summed E-state index contributed by atoms with van der Waals surface area (Å²) in [7, 11) is 0. The van der Waals surface area contributed by atoms with Crippen molar-refractivity contribution >= 4 is 17.5 Å². The van der Waals surface area contributed by atoms with Crippen molar-refractivity contribution in [2.45, 2.75) is 25.8 Å². The summed E-state index contributed by atoms with van der Waals surface area (Å²) in [5.74, 6) is 1.14. The van der Waals surface area contributed by atoms with Crippen LogP contribution in [0.2, 0.25) is 0 Å². The van der Waals surface area contributed by atoms with Crippen molar-refractivity contribution in [1.82, 2.24) is 9.97 Å². The molecular weight excluding hydrogens is 218 g/mol. The first-order valence-electron chi connectivity index (χ1n) is 5.79. The van der Waals surface area contributed by atoms with Gasteiger partial charge in [-0.25, -0.2) is 9.97 Å². The molecule has 1 atom stereocenters. The number of anilines is 2. The van der Waals surface area contributed by atoms with E-state index in [9.17, 15) is 4.79 Å². The van der Waals surface area contributed by atoms with Crippen LogP contribution in [0.1, 0.15) is 19.8 Å². The molecule has 1 aromatic rings. The molecule has 1 aromatic heterocycles. The topological polar surface area (TPSA) is 84.1 Å². The van der Waals surface area contributed by atoms with Gasteiger partial charge >= 0.3 is 0 Å². The average Bonchev–Trinajstić information content (AvgIpc) is 2.82. The van der Waals surface area contributed by atoms with E-state index < -0.39 is 11.9 Å². The van der Waals surface area contributed by atoms with E-state index in [2.05, 4.69) is 20.2 Å². The van der Waals surface area contributed by atoms with E-state index in [0.717, 1.165) is 18.9 Å². The largest absolute Gasteiger partial charge is 0.368 e. The molecule has 0 aromatic carbocycles. The van der Waals surface area contributed by atoms with Gasteiger partial charge in [-0.1, -0.05) is 0 Å². The van der Waals surface area contributed by atoms with Crippen LogP contribution in [0.4, 0.5) is 11.6 Å². The SMILES string of the molecule is CC(Nc1cc(N2CCCC2)ncn1)C(N)=O. The minimum absolute atomic E-state index is 0.397. The molecule has 1 fully saturated rings. The number of nitrogens with one attached hydrogen (secondary N) is 1. The molecule has 1 aliphatic rings. The third kappa shape index (κ3) is 2.83. The van der Waals surface area contributed by atoms with Gasteiger partial charge in [0.15, 0.2) is 0 Å². The quantitative estimate of drug-likeness (QED) is 0.787. The minimum Gasteiger partial charge on any atom is -0.368 e. The molecule has 2 heterocycles. The highest BCUT2D eigenvalue weighted by atomic mass is 16.1. The van der Waals surface area contributed by atoms with Crippen molar-refractivity contribution < 1.29 is 4.79 Å². The maximum atomic E-state index is 11.0. The highest BCUT2D eigenvalue weighted by molar-refractivity contribution is 5.82. The van der Waals surface area contributed by atoms with Gasteiger partial charge in [-0.2, -0.15) is 0 Å². The van der Waals surface area contributed by atoms with Crippen LogP contribution in [0.3, 0.4) is 0 Å². The van der Waals surface area contributed by atoms with E-state index in [1.165, 1.54) is 19.2 Å². The Balaban J connectivity index is 2.08. The molecule has 2 rings (SSSR count). The van der Waals surface area contributed by atoms with Crippen LogP contribution in [0.15, 0.2) is 12.4 Å². The van der Waals surface area contributed by atoms with Gasteiger partial charge in [0.25, 0.3) is 0 Å². The Morgan fingerprint density at radius 1 is 1.47 bits per heavy atom. The lowest BCUT2D eigenvalue weighted by molar-refractivity contribution is -0.118. The molecule has 92 valence electrons. The Kier molecular flexibility index (Phi) is 3.41. The van der Waals surface area contributed by atoms with Gasteiger partial charge in [-0.15, -0.1) is 0 Å². The van der Waals surface area contributed by atoms with Gasteiger partial charge in [0, 0.05) is 19.2 Å². The first-order valence-corrected chi connectivity index (χ1v) is 5.79. The van der Waals surface area contributed by atoms with Gasteiger partial charge < -0.3 is 16.0 Å². The fraction of sp³-hybridized carbons (Fsp3) is 0.545. The number of rotatable bonds is 4. The Hall–Kier alpha value is -1.85. The predicted molar refractivity (Wildman–Crippen MR) is 65.8 cm³/mol. The lowest BCUT2D eigenvalue weighted by Crippen LogP contribution is -2.32. The third-order valence-electron chi connectivity index (χ3n) is 2.87. The molecule has 0 radical (unpaired) electrons. The van der Waals surface area contributed by atoms with Crippen molar-refractivity contribution in [3.63, 3.8) is 0 Å². The molecule has 3 N–H and O–H groups in total. The lowest BCUT2D eigenvalue weighted by atomic mass is 10.3. The van der Waals surface area contributed by atoms with Crippen molar-refractivity contribution in [3.8, 4) is 0 Å². The van der Waals surface area contributed by atoms with Crippen LogP contribution < -0.4 is 16.0 Å². The summed E-state index contributed by atoms with van der Waals surface area (Å²) in [6.45, 7) is 3.77. The highest BCUT2D eigenvalue weighted by Crippen LogP contribution is 2.19. The molecule has 0 aliphatic carbocycles. The van der Waals surface area contributed by atoms with Crippen LogP contribution in [-0.2, 0) is 4.79 Å². The summed E-state index contributed by atoms with van der Waals surface area (Å²) < 4.78 is 0. The predicted octanol–water partition coefficient (Wildman–Crippen LogP) is 0.362. The highest BCUT2D eigenvalue weighted by Gasteiger charge is 2.15. The molecule has 1 saturated heterocycles. The van der Waals surface area contributed by atoms with Gasteiger partial charge in [0.2, 0.25) is 5.91 Å². The smallest absolute Gasteiger partial charge is 0.239 e. The zero-order valence-electron chi connectivity index (χ0n) is 9.89. The van der Waals surface area contributed by atoms with Crippen LogP contribution in [0, 0.1) is 0 Å². The molecule has 1 unspecified atom stereocenters. The van der Waals surface area contributed by atoms with E-state index in [1.54, 1.807) is 6.92 Å². The Bertz CT molecular complexity index is 403. The van der Waals surface area contributed by atoms with Gasteiger partial charge in [-0.05, 0) is 19.8 Å². The summed E-state index contributed by atoms with van der Waals surface area (Å²) >= 11 is 0. The van der Waals surface area contributed by atoms with Gasteiger partial charge in [0.05, 0.1) is 0 Å². The molecule has 6 nitrogen and oxygen atoms in total. The summed E-state index contributed by atoms with van der Waals surface area (Å²) in [6, 6.07) is 1.42. The zero-order valence-corrected chi connectivity index (χ0v) is 9.89. The number of hydrogen-bond acceptors (Lipinski definition) is 5. The maximum Gasteiger partial charge on any atom is 0.239 e. The number of nitrogens with two attached hydrogens (primary N) is 1. The Labute approximate surface area is 100 Å². The van der Waals surface area contributed by atoms with Crippen LogP contribution in [0.25, 0.3) is 0 Å². The van der Waals surface area contributed by atoms with Crippen molar-refractivity contribution in [3.05, 3.63) is 12.4 Å². The molecule has 0 saturated carbocycles. The van der Waals surface area contributed by atoms with E-state index in [1.807, 2.05) is 6.07 Å². The van der Waals surface area contributed by atoms with E-state index in [0.29, 0.717) is 5.82 Å². The number of aromatic nitrogens is 2. The van der Waals surface area contributed by atoms with E-state index >= 15 is 0 Å². The molecule has 1 amide bonds. The molecule has 17 heavy (non-hydrogen) atoms. The number of carbonyl (C=O) groups is 1. The number of hydrogen-bond donors (Lipinski definition) is 2. The summed E-state index contributed by atoms with van der Waals surface area (Å²) in [4.78, 5) is 21.5. The second-order valence-electron chi connectivity index (χ2n) is 4.22. The monoisotopic (exact) mass is 235 g/mol. The average molecular weight is 235 g/mol. The Morgan fingerprint density at radius 2 is 2.18 bits per heavy atom. The second-order valence-corrected chi connectivity index (χ2v) is 4.22. The third-order valence-corrected chi connectivity index (χ3v) is 2.87. The van der Waals surface area contributed by atoms with Crippen molar-refractivity contribution in [1.29, 1.82) is 0 Å². The van der Waals surface area contributed by atoms with Crippen LogP contribution in [0.5, 0.6) is 0 Å².